The van der Waals surface area contributed by atoms with Crippen molar-refractivity contribution < 1.29 is 22.0 Å². The number of halogens is 2. The summed E-state index contributed by atoms with van der Waals surface area (Å²) in [5, 5.41) is 8.61. The molecule has 0 atom stereocenters. The van der Waals surface area contributed by atoms with E-state index in [9.17, 15) is 17.6 Å². The van der Waals surface area contributed by atoms with Gasteiger partial charge in [0.2, 0.25) is 21.6 Å². The third kappa shape index (κ3) is 3.80. The fourth-order valence-electron chi connectivity index (χ4n) is 1.56. The van der Waals surface area contributed by atoms with Crippen molar-refractivity contribution in [2.45, 2.75) is 24.4 Å². The fourth-order valence-corrected chi connectivity index (χ4v) is 3.05. The molecule has 0 fully saturated rings. The largest absolute Gasteiger partial charge is 0.411 e. The molecule has 1 N–H and O–H groups in total. The van der Waals surface area contributed by atoms with Gasteiger partial charge in [0.1, 0.15) is 5.82 Å². The van der Waals surface area contributed by atoms with Crippen LogP contribution in [0.2, 0.25) is 5.02 Å². The second-order valence-electron chi connectivity index (χ2n) is 4.33. The van der Waals surface area contributed by atoms with Gasteiger partial charge in [-0.15, -0.1) is 5.10 Å². The number of aromatic nitrogens is 2. The van der Waals surface area contributed by atoms with E-state index in [1.165, 1.54) is 19.1 Å². The maximum atomic E-state index is 13.6. The molecule has 0 saturated heterocycles. The zero-order valence-electron chi connectivity index (χ0n) is 11.3. The highest BCUT2D eigenvalue weighted by Crippen LogP contribution is 2.24. The number of hydrogen-bond acceptors (Lipinski definition) is 6. The van der Waals surface area contributed by atoms with Gasteiger partial charge >= 0.3 is 5.22 Å². The molecule has 1 aromatic heterocycles. The quantitative estimate of drug-likeness (QED) is 0.878. The van der Waals surface area contributed by atoms with Gasteiger partial charge in [0.15, 0.2) is 0 Å². The van der Waals surface area contributed by atoms with Crippen molar-refractivity contribution in [1.29, 1.82) is 0 Å². The number of hydrogen-bond donors (Lipinski definition) is 1. The highest BCUT2D eigenvalue weighted by molar-refractivity contribution is 7.90. The highest BCUT2D eigenvalue weighted by atomic mass is 35.5. The minimum absolute atomic E-state index is 0.0124. The van der Waals surface area contributed by atoms with Crippen LogP contribution in [0, 0.1) is 5.82 Å². The Kier molecular flexibility index (Phi) is 4.77. The maximum Gasteiger partial charge on any atom is 0.335 e. The molecular weight excluding hydrogens is 337 g/mol. The van der Waals surface area contributed by atoms with Crippen molar-refractivity contribution in [1.82, 2.24) is 15.5 Å². The molecule has 0 radical (unpaired) electrons. The normalized spacial score (nSPS) is 11.4. The van der Waals surface area contributed by atoms with Crippen molar-refractivity contribution >= 4 is 27.3 Å². The second kappa shape index (κ2) is 6.41. The van der Waals surface area contributed by atoms with E-state index in [0.29, 0.717) is 0 Å². The SMILES string of the molecule is CC(=O)NCc1nnc(S(=O)(=O)Cc2c(F)cccc2Cl)o1. The van der Waals surface area contributed by atoms with E-state index in [0.717, 1.165) is 6.07 Å². The first-order valence-electron chi connectivity index (χ1n) is 6.02. The van der Waals surface area contributed by atoms with Gasteiger partial charge in [-0.3, -0.25) is 4.79 Å². The summed E-state index contributed by atoms with van der Waals surface area (Å²) in [6.45, 7) is 1.19. The van der Waals surface area contributed by atoms with Gasteiger partial charge in [-0.1, -0.05) is 22.8 Å². The molecule has 1 aromatic carbocycles. The summed E-state index contributed by atoms with van der Waals surface area (Å²) in [6, 6.07) is 3.85. The first-order valence-corrected chi connectivity index (χ1v) is 8.05. The van der Waals surface area contributed by atoms with Crippen LogP contribution in [0.1, 0.15) is 18.4 Å². The van der Waals surface area contributed by atoms with E-state index >= 15 is 0 Å². The Morgan fingerprint density at radius 3 is 2.77 bits per heavy atom. The molecule has 0 aliphatic carbocycles. The lowest BCUT2D eigenvalue weighted by molar-refractivity contribution is -0.119. The van der Waals surface area contributed by atoms with E-state index < -0.39 is 26.6 Å². The lowest BCUT2D eigenvalue weighted by Gasteiger charge is -2.04. The topological polar surface area (TPSA) is 102 Å². The molecule has 2 rings (SSSR count). The van der Waals surface area contributed by atoms with Crippen LogP contribution in [0.4, 0.5) is 4.39 Å². The summed E-state index contributed by atoms with van der Waals surface area (Å²) in [4.78, 5) is 10.8. The molecule has 0 saturated carbocycles. The molecule has 0 unspecified atom stereocenters. The molecule has 22 heavy (non-hydrogen) atoms. The monoisotopic (exact) mass is 347 g/mol. The van der Waals surface area contributed by atoms with E-state index in [4.69, 9.17) is 16.0 Å². The zero-order valence-corrected chi connectivity index (χ0v) is 12.9. The highest BCUT2D eigenvalue weighted by Gasteiger charge is 2.25. The van der Waals surface area contributed by atoms with Gasteiger partial charge in [-0.25, -0.2) is 12.8 Å². The summed E-state index contributed by atoms with van der Waals surface area (Å²) < 4.78 is 42.9. The molecule has 2 aromatic rings. The molecule has 7 nitrogen and oxygen atoms in total. The molecule has 1 amide bonds. The van der Waals surface area contributed by atoms with E-state index in [1.807, 2.05) is 0 Å². The number of benzene rings is 1. The molecule has 1 heterocycles. The lowest BCUT2D eigenvalue weighted by Crippen LogP contribution is -2.19. The predicted molar refractivity (Wildman–Crippen MR) is 74.1 cm³/mol. The maximum absolute atomic E-state index is 13.6. The Labute approximate surface area is 130 Å². The van der Waals surface area contributed by atoms with Crippen LogP contribution in [0.3, 0.4) is 0 Å². The Morgan fingerprint density at radius 2 is 2.14 bits per heavy atom. The number of nitrogens with one attached hydrogen (secondary N) is 1. The number of amides is 1. The first-order chi connectivity index (χ1) is 10.3. The Hall–Kier alpha value is -2.00. The van der Waals surface area contributed by atoms with Crippen LogP contribution < -0.4 is 5.32 Å². The molecule has 0 bridgehead atoms. The molecule has 118 valence electrons. The standard InChI is InChI=1S/C12H11ClFN3O4S/c1-7(18)15-5-11-16-17-12(21-11)22(19,20)6-8-9(13)3-2-4-10(8)14/h2-4H,5-6H2,1H3,(H,15,18). The van der Waals surface area contributed by atoms with Gasteiger partial charge in [0, 0.05) is 17.5 Å². The van der Waals surface area contributed by atoms with Crippen molar-refractivity contribution in [3.63, 3.8) is 0 Å². The third-order valence-electron chi connectivity index (χ3n) is 2.60. The molecule has 0 spiro atoms. The minimum Gasteiger partial charge on any atom is -0.411 e. The summed E-state index contributed by atoms with van der Waals surface area (Å²) in [5.41, 5.74) is -0.175. The molecular formula is C12H11ClFN3O4S. The zero-order chi connectivity index (χ0) is 16.3. The van der Waals surface area contributed by atoms with E-state index in [2.05, 4.69) is 15.5 Å². The molecule has 0 aliphatic rings. The summed E-state index contributed by atoms with van der Waals surface area (Å²) in [5.74, 6) is -1.86. The first kappa shape index (κ1) is 16.4. The molecule has 0 aliphatic heterocycles. The van der Waals surface area contributed by atoms with Crippen molar-refractivity contribution in [2.75, 3.05) is 0 Å². The summed E-state index contributed by atoms with van der Waals surface area (Å²) >= 11 is 5.79. The number of nitrogens with zero attached hydrogens (tertiary/aromatic N) is 2. The van der Waals surface area contributed by atoms with E-state index in [1.54, 1.807) is 0 Å². The Morgan fingerprint density at radius 1 is 1.41 bits per heavy atom. The van der Waals surface area contributed by atoms with Crippen molar-refractivity contribution in [2.24, 2.45) is 0 Å². The van der Waals surface area contributed by atoms with Crippen LogP contribution in [-0.2, 0) is 26.9 Å². The van der Waals surface area contributed by atoms with Crippen LogP contribution in [-0.4, -0.2) is 24.5 Å². The Bertz CT molecular complexity index is 786. The number of carbonyl (C=O) groups excluding carboxylic acids is 1. The summed E-state index contributed by atoms with van der Waals surface area (Å²) in [7, 11) is -4.05. The van der Waals surface area contributed by atoms with Gasteiger partial charge in [0.05, 0.1) is 12.3 Å². The minimum atomic E-state index is -4.05. The number of carbonyl (C=O) groups is 1. The average molecular weight is 348 g/mol. The van der Waals surface area contributed by atoms with Gasteiger partial charge in [0.25, 0.3) is 0 Å². The van der Waals surface area contributed by atoms with Crippen LogP contribution in [0.5, 0.6) is 0 Å². The van der Waals surface area contributed by atoms with Crippen molar-refractivity contribution in [3.8, 4) is 0 Å². The Balaban J connectivity index is 2.22. The van der Waals surface area contributed by atoms with Crippen molar-refractivity contribution in [3.05, 3.63) is 40.5 Å². The third-order valence-corrected chi connectivity index (χ3v) is 4.32. The number of rotatable bonds is 5. The van der Waals surface area contributed by atoms with Crippen LogP contribution >= 0.6 is 11.6 Å². The summed E-state index contributed by atoms with van der Waals surface area (Å²) in [6.07, 6.45) is 0. The van der Waals surface area contributed by atoms with Gasteiger partial charge in [-0.2, -0.15) is 0 Å². The van der Waals surface area contributed by atoms with Gasteiger partial charge < -0.3 is 9.73 Å². The van der Waals surface area contributed by atoms with E-state index in [-0.39, 0.29) is 28.9 Å². The van der Waals surface area contributed by atoms with Crippen LogP contribution in [0.15, 0.2) is 27.8 Å². The number of sulfone groups is 1. The fraction of sp³-hybridized carbons (Fsp3) is 0.250. The van der Waals surface area contributed by atoms with Crippen LogP contribution in [0.25, 0.3) is 0 Å². The average Bonchev–Trinajstić information content (AvgIpc) is 2.90. The smallest absolute Gasteiger partial charge is 0.335 e. The van der Waals surface area contributed by atoms with Gasteiger partial charge in [-0.05, 0) is 12.1 Å². The lowest BCUT2D eigenvalue weighted by atomic mass is 10.2. The molecule has 10 heteroatoms. The predicted octanol–water partition coefficient (Wildman–Crippen LogP) is 1.47. The second-order valence-corrected chi connectivity index (χ2v) is 6.61.